The first kappa shape index (κ1) is 20.1. The maximum absolute atomic E-state index is 15.1. The molecule has 0 unspecified atom stereocenters. The van der Waals surface area contributed by atoms with Crippen LogP contribution in [0, 0.1) is 6.92 Å². The topological polar surface area (TPSA) is 50.2 Å². The molecule has 0 radical (unpaired) electrons. The molecule has 0 spiro atoms. The highest BCUT2D eigenvalue weighted by Crippen LogP contribution is 2.28. The lowest BCUT2D eigenvalue weighted by atomic mass is 9.93. The van der Waals surface area contributed by atoms with Crippen molar-refractivity contribution in [3.8, 4) is 0 Å². The molecule has 1 aliphatic heterocycles. The summed E-state index contributed by atoms with van der Waals surface area (Å²) in [5.41, 5.74) is 0.735. The van der Waals surface area contributed by atoms with E-state index in [9.17, 15) is 4.79 Å². The third kappa shape index (κ3) is 5.21. The van der Waals surface area contributed by atoms with Gasteiger partial charge in [-0.15, -0.1) is 0 Å². The van der Waals surface area contributed by atoms with Gasteiger partial charge in [-0.1, -0.05) is 23.2 Å². The minimum atomic E-state index is -1.41. The third-order valence-corrected chi connectivity index (χ3v) is 5.38. The van der Waals surface area contributed by atoms with E-state index in [1.54, 1.807) is 29.1 Å². The molecule has 1 aromatic carbocycles. The van der Waals surface area contributed by atoms with Gasteiger partial charge < -0.3 is 5.32 Å². The van der Waals surface area contributed by atoms with E-state index in [0.717, 1.165) is 11.3 Å². The van der Waals surface area contributed by atoms with Gasteiger partial charge in [0.05, 0.1) is 17.3 Å². The SMILES string of the molecule is Cc1cc(Cl)cc(C(=O)NCC2(F)CCN(Cc3nn(C)cc3Cl)CC2)c1. The van der Waals surface area contributed by atoms with Crippen molar-refractivity contribution in [3.63, 3.8) is 0 Å². The van der Waals surface area contributed by atoms with Crippen molar-refractivity contribution in [2.45, 2.75) is 32.0 Å². The Hall–Kier alpha value is -1.63. The average molecular weight is 413 g/mol. The zero-order valence-corrected chi connectivity index (χ0v) is 16.9. The number of aromatic nitrogens is 2. The maximum atomic E-state index is 15.1. The minimum absolute atomic E-state index is 0.00439. The highest BCUT2D eigenvalue weighted by atomic mass is 35.5. The molecule has 1 aliphatic rings. The normalized spacial score (nSPS) is 17.1. The predicted molar refractivity (Wildman–Crippen MR) is 105 cm³/mol. The van der Waals surface area contributed by atoms with Crippen molar-refractivity contribution >= 4 is 29.1 Å². The fourth-order valence-corrected chi connectivity index (χ4v) is 3.85. The first-order chi connectivity index (χ1) is 12.7. The van der Waals surface area contributed by atoms with E-state index in [1.165, 1.54) is 0 Å². The number of amides is 1. The molecule has 3 rings (SSSR count). The van der Waals surface area contributed by atoms with E-state index >= 15 is 4.39 Å². The number of hydrogen-bond donors (Lipinski definition) is 1. The lowest BCUT2D eigenvalue weighted by Gasteiger charge is -2.36. The number of benzene rings is 1. The molecular weight excluding hydrogens is 390 g/mol. The first-order valence-corrected chi connectivity index (χ1v) is 9.64. The van der Waals surface area contributed by atoms with Gasteiger partial charge in [0.15, 0.2) is 0 Å². The summed E-state index contributed by atoms with van der Waals surface area (Å²) >= 11 is 12.1. The molecule has 1 amide bonds. The number of hydrogen-bond acceptors (Lipinski definition) is 3. The smallest absolute Gasteiger partial charge is 0.251 e. The highest BCUT2D eigenvalue weighted by molar-refractivity contribution is 6.31. The number of nitrogens with one attached hydrogen (secondary N) is 1. The Morgan fingerprint density at radius 2 is 2.00 bits per heavy atom. The lowest BCUT2D eigenvalue weighted by Crippen LogP contribution is -2.48. The molecule has 5 nitrogen and oxygen atoms in total. The molecule has 0 bridgehead atoms. The summed E-state index contributed by atoms with van der Waals surface area (Å²) in [5, 5.41) is 8.16. The maximum Gasteiger partial charge on any atom is 0.251 e. The van der Waals surface area contributed by atoms with Crippen LogP contribution in [-0.2, 0) is 13.6 Å². The molecule has 146 valence electrons. The standard InChI is InChI=1S/C19H23Cl2FN4O/c1-13-7-14(9-15(20)8-13)18(27)23-12-19(22)3-5-26(6-4-19)11-17-16(21)10-25(2)24-17/h7-10H,3-6,11-12H2,1-2H3,(H,23,27). The second-order valence-electron chi connectivity index (χ2n) is 7.22. The van der Waals surface area contributed by atoms with Crippen molar-refractivity contribution in [2.24, 2.45) is 7.05 Å². The van der Waals surface area contributed by atoms with Crippen LogP contribution in [0.25, 0.3) is 0 Å². The number of piperidine rings is 1. The van der Waals surface area contributed by atoms with Crippen molar-refractivity contribution in [3.05, 3.63) is 51.3 Å². The zero-order valence-electron chi connectivity index (χ0n) is 15.4. The molecule has 27 heavy (non-hydrogen) atoms. The summed E-state index contributed by atoms with van der Waals surface area (Å²) < 4.78 is 16.8. The monoisotopic (exact) mass is 412 g/mol. The van der Waals surface area contributed by atoms with Crippen LogP contribution in [-0.4, -0.2) is 45.9 Å². The predicted octanol–water partition coefficient (Wildman–Crippen LogP) is 3.77. The number of alkyl halides is 1. The summed E-state index contributed by atoms with van der Waals surface area (Å²) in [5.74, 6) is -0.305. The van der Waals surface area contributed by atoms with Gasteiger partial charge in [0.25, 0.3) is 5.91 Å². The number of rotatable bonds is 5. The molecule has 0 atom stereocenters. The molecule has 0 aliphatic carbocycles. The van der Waals surface area contributed by atoms with Crippen LogP contribution in [0.5, 0.6) is 0 Å². The Morgan fingerprint density at radius 3 is 2.59 bits per heavy atom. The summed E-state index contributed by atoms with van der Waals surface area (Å²) in [7, 11) is 1.82. The molecule has 0 saturated carbocycles. The van der Waals surface area contributed by atoms with Crippen LogP contribution < -0.4 is 5.32 Å². The van der Waals surface area contributed by atoms with E-state index < -0.39 is 5.67 Å². The van der Waals surface area contributed by atoms with Gasteiger partial charge in [0.1, 0.15) is 5.67 Å². The number of nitrogens with zero attached hydrogens (tertiary/aromatic N) is 3. The second kappa shape index (κ2) is 8.17. The van der Waals surface area contributed by atoms with E-state index in [-0.39, 0.29) is 12.5 Å². The largest absolute Gasteiger partial charge is 0.349 e. The van der Waals surface area contributed by atoms with Crippen molar-refractivity contribution in [2.75, 3.05) is 19.6 Å². The summed E-state index contributed by atoms with van der Waals surface area (Å²) in [6, 6.07) is 5.11. The fourth-order valence-electron chi connectivity index (χ4n) is 3.32. The lowest BCUT2D eigenvalue weighted by molar-refractivity contribution is 0.0513. The molecule has 1 fully saturated rings. The van der Waals surface area contributed by atoms with Crippen LogP contribution in [0.3, 0.4) is 0 Å². The van der Waals surface area contributed by atoms with Gasteiger partial charge in [0.2, 0.25) is 0 Å². The molecule has 2 heterocycles. The third-order valence-electron chi connectivity index (χ3n) is 4.85. The Labute approximate surface area is 168 Å². The molecule has 1 N–H and O–H groups in total. The van der Waals surface area contributed by atoms with Gasteiger partial charge in [-0.05, 0) is 43.5 Å². The summed E-state index contributed by atoms with van der Waals surface area (Å²) in [6.07, 6.45) is 2.46. The number of likely N-dealkylation sites (tertiary alicyclic amines) is 1. The van der Waals surface area contributed by atoms with Crippen molar-refractivity contribution in [1.82, 2.24) is 20.0 Å². The van der Waals surface area contributed by atoms with Crippen LogP contribution in [0.15, 0.2) is 24.4 Å². The second-order valence-corrected chi connectivity index (χ2v) is 8.07. The first-order valence-electron chi connectivity index (χ1n) is 8.89. The van der Waals surface area contributed by atoms with Gasteiger partial charge >= 0.3 is 0 Å². The minimum Gasteiger partial charge on any atom is -0.349 e. The van der Waals surface area contributed by atoms with E-state index in [2.05, 4.69) is 15.3 Å². The van der Waals surface area contributed by atoms with Gasteiger partial charge in [-0.25, -0.2) is 4.39 Å². The quantitative estimate of drug-likeness (QED) is 0.812. The van der Waals surface area contributed by atoms with Gasteiger partial charge in [-0.3, -0.25) is 14.4 Å². The average Bonchev–Trinajstić information content (AvgIpc) is 2.91. The van der Waals surface area contributed by atoms with Crippen molar-refractivity contribution in [1.29, 1.82) is 0 Å². The van der Waals surface area contributed by atoms with Gasteiger partial charge in [0, 0.05) is 43.5 Å². The molecule has 2 aromatic rings. The number of carbonyl (C=O) groups is 1. The van der Waals surface area contributed by atoms with Crippen molar-refractivity contribution < 1.29 is 9.18 Å². The number of halogens is 3. The van der Waals surface area contributed by atoms with E-state index in [4.69, 9.17) is 23.2 Å². The van der Waals surface area contributed by atoms with Crippen LogP contribution >= 0.6 is 23.2 Å². The molecule has 1 aromatic heterocycles. The Kier molecular flexibility index (Phi) is 6.08. The van der Waals surface area contributed by atoms with Crippen LogP contribution in [0.1, 0.15) is 34.5 Å². The van der Waals surface area contributed by atoms with E-state index in [0.29, 0.717) is 48.1 Å². The molecular formula is C19H23Cl2FN4O. The Balaban J connectivity index is 1.51. The molecule has 8 heteroatoms. The summed E-state index contributed by atoms with van der Waals surface area (Å²) in [6.45, 7) is 3.65. The molecule has 1 saturated heterocycles. The van der Waals surface area contributed by atoms with E-state index in [1.807, 2.05) is 14.0 Å². The zero-order chi connectivity index (χ0) is 19.6. The van der Waals surface area contributed by atoms with Crippen LogP contribution in [0.2, 0.25) is 10.0 Å². The van der Waals surface area contributed by atoms with Crippen LogP contribution in [0.4, 0.5) is 4.39 Å². The summed E-state index contributed by atoms with van der Waals surface area (Å²) in [4.78, 5) is 14.4. The highest BCUT2D eigenvalue weighted by Gasteiger charge is 2.35. The Bertz CT molecular complexity index is 811. The number of carbonyl (C=O) groups excluding carboxylic acids is 1. The Morgan fingerprint density at radius 1 is 1.30 bits per heavy atom. The fraction of sp³-hybridized carbons (Fsp3) is 0.474. The van der Waals surface area contributed by atoms with Gasteiger partial charge in [-0.2, -0.15) is 5.10 Å². The number of aryl methyl sites for hydroxylation is 2.